The van der Waals surface area contributed by atoms with Gasteiger partial charge in [0.1, 0.15) is 5.75 Å². The largest absolute Gasteiger partial charge is 0.476 e. The summed E-state index contributed by atoms with van der Waals surface area (Å²) in [7, 11) is -3.52. The van der Waals surface area contributed by atoms with Crippen LogP contribution >= 0.6 is 15.9 Å². The number of hydrogen-bond acceptors (Lipinski definition) is 4. The quantitative estimate of drug-likeness (QED) is 0.843. The second-order valence-corrected chi connectivity index (χ2v) is 8.19. The molecule has 0 aromatic heterocycles. The normalized spacial score (nSPS) is 16.9. The van der Waals surface area contributed by atoms with Crippen molar-refractivity contribution in [3.8, 4) is 5.75 Å². The lowest BCUT2D eigenvalue weighted by molar-refractivity contribution is -0.122. The number of nitrogens with one attached hydrogen (secondary N) is 1. The van der Waals surface area contributed by atoms with E-state index in [9.17, 15) is 13.2 Å². The van der Waals surface area contributed by atoms with Crippen molar-refractivity contribution in [1.82, 2.24) is 0 Å². The third-order valence-electron chi connectivity index (χ3n) is 3.52. The summed E-state index contributed by atoms with van der Waals surface area (Å²) in [5, 5.41) is 2.74. The van der Waals surface area contributed by atoms with Crippen molar-refractivity contribution in [2.24, 2.45) is 0 Å². The second kappa shape index (κ2) is 6.45. The molecule has 0 fully saturated rings. The molecule has 126 valence electrons. The van der Waals surface area contributed by atoms with Gasteiger partial charge < -0.3 is 10.1 Å². The Kier molecular flexibility index (Phi) is 4.51. The van der Waals surface area contributed by atoms with Gasteiger partial charge in [-0.2, -0.15) is 0 Å². The maximum Gasteiger partial charge on any atom is 0.267 e. The molecule has 0 aliphatic carbocycles. The summed E-state index contributed by atoms with van der Waals surface area (Å²) in [5.41, 5.74) is 1.04. The highest BCUT2D eigenvalue weighted by Gasteiger charge is 2.34. The highest BCUT2D eigenvalue weighted by molar-refractivity contribution is 9.10. The van der Waals surface area contributed by atoms with Crippen LogP contribution in [-0.4, -0.2) is 33.2 Å². The van der Waals surface area contributed by atoms with Crippen molar-refractivity contribution in [1.29, 1.82) is 0 Å². The van der Waals surface area contributed by atoms with Crippen LogP contribution in [0.4, 0.5) is 11.4 Å². The number of rotatable bonds is 3. The van der Waals surface area contributed by atoms with Gasteiger partial charge in [0, 0.05) is 10.2 Å². The molecular formula is C16H15BrN2O4S. The van der Waals surface area contributed by atoms with E-state index < -0.39 is 22.0 Å². The fourth-order valence-electron chi connectivity index (χ4n) is 2.44. The smallest absolute Gasteiger partial charge is 0.267 e. The number of benzene rings is 2. The van der Waals surface area contributed by atoms with Gasteiger partial charge in [0.15, 0.2) is 6.10 Å². The molecule has 1 amide bonds. The molecule has 24 heavy (non-hydrogen) atoms. The summed E-state index contributed by atoms with van der Waals surface area (Å²) in [6.07, 6.45) is 0.173. The summed E-state index contributed by atoms with van der Waals surface area (Å²) in [4.78, 5) is 12.5. The maximum absolute atomic E-state index is 12.5. The van der Waals surface area contributed by atoms with Gasteiger partial charge in [0.2, 0.25) is 10.0 Å². The fourth-order valence-corrected chi connectivity index (χ4v) is 3.76. The lowest BCUT2D eigenvalue weighted by Crippen LogP contribution is -2.48. The van der Waals surface area contributed by atoms with Crippen LogP contribution in [0.1, 0.15) is 0 Å². The van der Waals surface area contributed by atoms with Gasteiger partial charge in [0.05, 0.1) is 18.5 Å². The first kappa shape index (κ1) is 16.8. The topological polar surface area (TPSA) is 75.7 Å². The minimum Gasteiger partial charge on any atom is -0.476 e. The van der Waals surface area contributed by atoms with Gasteiger partial charge in [-0.25, -0.2) is 8.42 Å². The number of anilines is 2. The molecule has 1 heterocycles. The summed E-state index contributed by atoms with van der Waals surface area (Å²) in [6.45, 7) is -0.0737. The van der Waals surface area contributed by atoms with Crippen molar-refractivity contribution >= 4 is 43.2 Å². The van der Waals surface area contributed by atoms with Gasteiger partial charge in [-0.05, 0) is 30.3 Å². The van der Waals surface area contributed by atoms with Gasteiger partial charge in [-0.1, -0.05) is 34.1 Å². The van der Waals surface area contributed by atoms with Crippen LogP contribution in [0, 0.1) is 0 Å². The molecule has 0 radical (unpaired) electrons. The molecule has 0 spiro atoms. The van der Waals surface area contributed by atoms with E-state index in [4.69, 9.17) is 4.74 Å². The summed E-state index contributed by atoms with van der Waals surface area (Å²) in [5.74, 6) is -0.0418. The van der Waals surface area contributed by atoms with E-state index in [2.05, 4.69) is 21.2 Å². The van der Waals surface area contributed by atoms with E-state index in [1.54, 1.807) is 42.5 Å². The van der Waals surface area contributed by atoms with Crippen LogP contribution in [-0.2, 0) is 14.8 Å². The number of hydrogen-bond donors (Lipinski definition) is 1. The second-order valence-electron chi connectivity index (χ2n) is 5.37. The molecule has 2 aromatic rings. The van der Waals surface area contributed by atoms with E-state index in [-0.39, 0.29) is 6.54 Å². The van der Waals surface area contributed by atoms with E-state index >= 15 is 0 Å². The number of halogens is 1. The van der Waals surface area contributed by atoms with Crippen molar-refractivity contribution in [2.75, 3.05) is 22.4 Å². The Morgan fingerprint density at radius 3 is 2.71 bits per heavy atom. The average molecular weight is 411 g/mol. The standard InChI is InChI=1S/C16H15BrN2O4S/c1-24(21,22)19-10-15(23-14-8-3-2-7-13(14)19)16(20)18-12-6-4-5-11(17)9-12/h2-9,15H,10H2,1H3,(H,18,20)/t15-/m1/s1. The molecule has 2 aromatic carbocycles. The first-order valence-corrected chi connectivity index (χ1v) is 9.78. The van der Waals surface area contributed by atoms with Crippen LogP contribution in [0.2, 0.25) is 0 Å². The Morgan fingerprint density at radius 2 is 2.00 bits per heavy atom. The number of sulfonamides is 1. The van der Waals surface area contributed by atoms with Crippen molar-refractivity contribution in [3.63, 3.8) is 0 Å². The third-order valence-corrected chi connectivity index (χ3v) is 5.16. The van der Waals surface area contributed by atoms with Crippen molar-refractivity contribution in [3.05, 3.63) is 53.0 Å². The Labute approximate surface area is 148 Å². The van der Waals surface area contributed by atoms with Crippen LogP contribution in [0.5, 0.6) is 5.75 Å². The number of amides is 1. The molecule has 1 N–H and O–H groups in total. The summed E-state index contributed by atoms with van der Waals surface area (Å²) >= 11 is 3.34. The number of carbonyl (C=O) groups excluding carboxylic acids is 1. The lowest BCUT2D eigenvalue weighted by Gasteiger charge is -2.33. The zero-order chi connectivity index (χ0) is 17.3. The van der Waals surface area contributed by atoms with E-state index in [1.165, 1.54) is 4.31 Å². The minimum absolute atomic E-state index is 0.0737. The highest BCUT2D eigenvalue weighted by atomic mass is 79.9. The third kappa shape index (κ3) is 3.54. The van der Waals surface area contributed by atoms with Gasteiger partial charge in [0.25, 0.3) is 5.91 Å². The predicted octanol–water partition coefficient (Wildman–Crippen LogP) is 2.61. The van der Waals surface area contributed by atoms with Crippen LogP contribution in [0.25, 0.3) is 0 Å². The Hall–Kier alpha value is -2.06. The molecule has 6 nitrogen and oxygen atoms in total. The summed E-state index contributed by atoms with van der Waals surface area (Å²) in [6, 6.07) is 13.9. The molecule has 0 saturated heterocycles. The zero-order valence-corrected chi connectivity index (χ0v) is 15.2. The minimum atomic E-state index is -3.52. The predicted molar refractivity (Wildman–Crippen MR) is 95.8 cm³/mol. The van der Waals surface area contributed by atoms with Gasteiger partial charge in [-0.15, -0.1) is 0 Å². The number of para-hydroxylation sites is 2. The molecule has 3 rings (SSSR count). The number of carbonyl (C=O) groups is 1. The van der Waals surface area contributed by atoms with Gasteiger partial charge >= 0.3 is 0 Å². The van der Waals surface area contributed by atoms with E-state index in [0.29, 0.717) is 17.1 Å². The molecular weight excluding hydrogens is 396 g/mol. The average Bonchev–Trinajstić information content (AvgIpc) is 2.53. The monoisotopic (exact) mass is 410 g/mol. The molecule has 0 unspecified atom stereocenters. The molecule has 1 aliphatic heterocycles. The summed E-state index contributed by atoms with van der Waals surface area (Å²) < 4.78 is 31.8. The Morgan fingerprint density at radius 1 is 1.25 bits per heavy atom. The van der Waals surface area contributed by atoms with Crippen molar-refractivity contribution < 1.29 is 17.9 Å². The first-order valence-electron chi connectivity index (χ1n) is 7.14. The highest BCUT2D eigenvalue weighted by Crippen LogP contribution is 2.34. The molecule has 8 heteroatoms. The fraction of sp³-hybridized carbons (Fsp3) is 0.188. The Balaban J connectivity index is 1.86. The van der Waals surface area contributed by atoms with E-state index in [1.807, 2.05) is 6.07 Å². The zero-order valence-electron chi connectivity index (χ0n) is 12.8. The molecule has 1 atom stereocenters. The first-order chi connectivity index (χ1) is 11.3. The van der Waals surface area contributed by atoms with E-state index in [0.717, 1.165) is 10.7 Å². The van der Waals surface area contributed by atoms with Crippen molar-refractivity contribution in [2.45, 2.75) is 6.10 Å². The lowest BCUT2D eigenvalue weighted by atomic mass is 10.2. The van der Waals surface area contributed by atoms with Crippen LogP contribution < -0.4 is 14.4 Å². The number of nitrogens with zero attached hydrogens (tertiary/aromatic N) is 1. The Bertz CT molecular complexity index is 885. The maximum atomic E-state index is 12.5. The molecule has 0 bridgehead atoms. The SMILES string of the molecule is CS(=O)(=O)N1C[C@H](C(=O)Nc2cccc(Br)c2)Oc2ccccc21. The van der Waals surface area contributed by atoms with Gasteiger partial charge in [-0.3, -0.25) is 9.10 Å². The molecule has 1 aliphatic rings. The molecule has 0 saturated carbocycles. The number of ether oxygens (including phenoxy) is 1. The van der Waals surface area contributed by atoms with Crippen LogP contribution in [0.15, 0.2) is 53.0 Å². The number of fused-ring (bicyclic) bond motifs is 1. The van der Waals surface area contributed by atoms with Crippen LogP contribution in [0.3, 0.4) is 0 Å².